The van der Waals surface area contributed by atoms with Crippen molar-refractivity contribution in [2.75, 3.05) is 46.4 Å². The third kappa shape index (κ3) is 4.85. The van der Waals surface area contributed by atoms with Gasteiger partial charge in [-0.1, -0.05) is 6.07 Å². The standard InChI is InChI=1S/C16H23N3O4/c1-22-13-3-2-4-14(11-13)23-12-16(21)19-9-7-18(8-10-19)15(20)5-6-17/h2-4,11H,5-10,12,17H2,1H3. The fraction of sp³-hybridized carbons (Fsp3) is 0.500. The molecule has 1 aliphatic rings. The van der Waals surface area contributed by atoms with Crippen LogP contribution in [-0.4, -0.2) is 68.1 Å². The van der Waals surface area contributed by atoms with Gasteiger partial charge in [-0.2, -0.15) is 0 Å². The minimum Gasteiger partial charge on any atom is -0.497 e. The molecule has 1 aromatic rings. The molecule has 1 fully saturated rings. The summed E-state index contributed by atoms with van der Waals surface area (Å²) in [6.07, 6.45) is 0.354. The summed E-state index contributed by atoms with van der Waals surface area (Å²) in [7, 11) is 1.58. The van der Waals surface area contributed by atoms with E-state index in [9.17, 15) is 9.59 Å². The largest absolute Gasteiger partial charge is 0.497 e. The van der Waals surface area contributed by atoms with Gasteiger partial charge < -0.3 is 25.0 Å². The van der Waals surface area contributed by atoms with E-state index in [0.29, 0.717) is 50.6 Å². The molecule has 7 nitrogen and oxygen atoms in total. The molecule has 0 aliphatic carbocycles. The first kappa shape index (κ1) is 17.1. The lowest BCUT2D eigenvalue weighted by Crippen LogP contribution is -2.51. The van der Waals surface area contributed by atoms with Gasteiger partial charge in [-0.15, -0.1) is 0 Å². The Labute approximate surface area is 135 Å². The zero-order valence-corrected chi connectivity index (χ0v) is 13.4. The topological polar surface area (TPSA) is 85.1 Å². The first-order valence-corrected chi connectivity index (χ1v) is 7.66. The molecule has 0 saturated carbocycles. The van der Waals surface area contributed by atoms with Crippen molar-refractivity contribution in [2.45, 2.75) is 6.42 Å². The molecule has 0 bridgehead atoms. The van der Waals surface area contributed by atoms with E-state index in [1.54, 1.807) is 35.1 Å². The highest BCUT2D eigenvalue weighted by Crippen LogP contribution is 2.18. The highest BCUT2D eigenvalue weighted by molar-refractivity contribution is 5.79. The van der Waals surface area contributed by atoms with E-state index in [2.05, 4.69) is 0 Å². The van der Waals surface area contributed by atoms with E-state index >= 15 is 0 Å². The Kier molecular flexibility index (Phi) is 6.22. The van der Waals surface area contributed by atoms with E-state index in [1.165, 1.54) is 0 Å². The van der Waals surface area contributed by atoms with Gasteiger partial charge in [0.05, 0.1) is 7.11 Å². The van der Waals surface area contributed by atoms with Gasteiger partial charge in [0, 0.05) is 45.2 Å². The summed E-state index contributed by atoms with van der Waals surface area (Å²) in [5.74, 6) is 1.24. The molecule has 2 rings (SSSR count). The lowest BCUT2D eigenvalue weighted by molar-refractivity contribution is -0.140. The van der Waals surface area contributed by atoms with Crippen LogP contribution in [0.2, 0.25) is 0 Å². The van der Waals surface area contributed by atoms with Crippen LogP contribution in [0.1, 0.15) is 6.42 Å². The highest BCUT2D eigenvalue weighted by Gasteiger charge is 2.23. The number of hydrogen-bond donors (Lipinski definition) is 1. The van der Waals surface area contributed by atoms with Crippen LogP contribution in [0, 0.1) is 0 Å². The molecule has 0 spiro atoms. The quantitative estimate of drug-likeness (QED) is 0.803. The molecule has 1 aliphatic heterocycles. The zero-order valence-electron chi connectivity index (χ0n) is 13.4. The van der Waals surface area contributed by atoms with Crippen molar-refractivity contribution in [3.8, 4) is 11.5 Å². The number of carbonyl (C=O) groups is 2. The maximum absolute atomic E-state index is 12.2. The van der Waals surface area contributed by atoms with E-state index in [-0.39, 0.29) is 18.4 Å². The summed E-state index contributed by atoms with van der Waals surface area (Å²) in [6.45, 7) is 2.47. The summed E-state index contributed by atoms with van der Waals surface area (Å²) in [5.41, 5.74) is 5.39. The molecule has 0 unspecified atom stereocenters. The summed E-state index contributed by atoms with van der Waals surface area (Å²) >= 11 is 0. The SMILES string of the molecule is COc1cccc(OCC(=O)N2CCN(C(=O)CCN)CC2)c1. The molecule has 0 atom stereocenters. The third-order valence-corrected chi connectivity index (χ3v) is 3.75. The molecule has 1 heterocycles. The molecule has 1 aromatic carbocycles. The van der Waals surface area contributed by atoms with Gasteiger partial charge in [-0.25, -0.2) is 0 Å². The summed E-state index contributed by atoms with van der Waals surface area (Å²) in [5, 5.41) is 0. The summed E-state index contributed by atoms with van der Waals surface area (Å²) < 4.78 is 10.6. The zero-order chi connectivity index (χ0) is 16.7. The Morgan fingerprint density at radius 3 is 2.30 bits per heavy atom. The van der Waals surface area contributed by atoms with E-state index in [4.69, 9.17) is 15.2 Å². The predicted octanol–water partition coefficient (Wildman–Crippen LogP) is 0.0936. The van der Waals surface area contributed by atoms with Gasteiger partial charge in [0.15, 0.2) is 6.61 Å². The van der Waals surface area contributed by atoms with Crippen LogP contribution >= 0.6 is 0 Å². The molecular formula is C16H23N3O4. The van der Waals surface area contributed by atoms with Crippen LogP contribution in [0.5, 0.6) is 11.5 Å². The average molecular weight is 321 g/mol. The molecule has 126 valence electrons. The Bertz CT molecular complexity index is 542. The number of carbonyl (C=O) groups excluding carboxylic acids is 2. The minimum atomic E-state index is -0.0845. The van der Waals surface area contributed by atoms with Crippen molar-refractivity contribution < 1.29 is 19.1 Å². The van der Waals surface area contributed by atoms with Crippen molar-refractivity contribution in [3.63, 3.8) is 0 Å². The first-order chi connectivity index (χ1) is 11.1. The number of benzene rings is 1. The maximum Gasteiger partial charge on any atom is 0.260 e. The Balaban J connectivity index is 1.77. The van der Waals surface area contributed by atoms with Crippen LogP contribution < -0.4 is 15.2 Å². The Morgan fingerprint density at radius 1 is 1.09 bits per heavy atom. The lowest BCUT2D eigenvalue weighted by Gasteiger charge is -2.34. The molecule has 2 N–H and O–H groups in total. The number of piperazine rings is 1. The van der Waals surface area contributed by atoms with Crippen LogP contribution in [0.15, 0.2) is 24.3 Å². The molecule has 0 aromatic heterocycles. The number of nitrogens with zero attached hydrogens (tertiary/aromatic N) is 2. The van der Waals surface area contributed by atoms with Gasteiger partial charge in [-0.3, -0.25) is 9.59 Å². The van der Waals surface area contributed by atoms with Gasteiger partial charge >= 0.3 is 0 Å². The second kappa shape index (κ2) is 8.38. The van der Waals surface area contributed by atoms with Crippen LogP contribution in [0.4, 0.5) is 0 Å². The number of methoxy groups -OCH3 is 1. The molecule has 7 heteroatoms. The number of ether oxygens (including phenoxy) is 2. The first-order valence-electron chi connectivity index (χ1n) is 7.66. The molecule has 2 amide bonds. The minimum absolute atomic E-state index is 0.0239. The van der Waals surface area contributed by atoms with Gasteiger partial charge in [0.25, 0.3) is 5.91 Å². The number of amides is 2. The van der Waals surface area contributed by atoms with E-state index in [1.807, 2.05) is 6.07 Å². The van der Waals surface area contributed by atoms with E-state index < -0.39 is 0 Å². The predicted molar refractivity (Wildman–Crippen MR) is 85.3 cm³/mol. The Hall–Kier alpha value is -2.28. The normalized spacial score (nSPS) is 14.5. The van der Waals surface area contributed by atoms with Gasteiger partial charge in [-0.05, 0) is 12.1 Å². The average Bonchev–Trinajstić information content (AvgIpc) is 2.60. The fourth-order valence-corrected chi connectivity index (χ4v) is 2.41. The van der Waals surface area contributed by atoms with Crippen LogP contribution in [0.3, 0.4) is 0 Å². The maximum atomic E-state index is 12.2. The fourth-order valence-electron chi connectivity index (χ4n) is 2.41. The second-order valence-corrected chi connectivity index (χ2v) is 5.27. The number of rotatable bonds is 6. The lowest BCUT2D eigenvalue weighted by atomic mass is 10.2. The number of nitrogens with two attached hydrogens (primary N) is 1. The third-order valence-electron chi connectivity index (χ3n) is 3.75. The molecular weight excluding hydrogens is 298 g/mol. The molecule has 0 radical (unpaired) electrons. The molecule has 1 saturated heterocycles. The highest BCUT2D eigenvalue weighted by atomic mass is 16.5. The van der Waals surface area contributed by atoms with Gasteiger partial charge in [0.2, 0.25) is 5.91 Å². The van der Waals surface area contributed by atoms with Crippen molar-refractivity contribution in [1.82, 2.24) is 9.80 Å². The van der Waals surface area contributed by atoms with Gasteiger partial charge in [0.1, 0.15) is 11.5 Å². The summed E-state index contributed by atoms with van der Waals surface area (Å²) in [4.78, 5) is 27.4. The van der Waals surface area contributed by atoms with Crippen LogP contribution in [-0.2, 0) is 9.59 Å². The van der Waals surface area contributed by atoms with Crippen molar-refractivity contribution in [3.05, 3.63) is 24.3 Å². The molecule has 23 heavy (non-hydrogen) atoms. The van der Waals surface area contributed by atoms with Crippen molar-refractivity contribution >= 4 is 11.8 Å². The summed E-state index contributed by atoms with van der Waals surface area (Å²) in [6, 6.07) is 7.13. The van der Waals surface area contributed by atoms with Crippen LogP contribution in [0.25, 0.3) is 0 Å². The monoisotopic (exact) mass is 321 g/mol. The van der Waals surface area contributed by atoms with Crippen molar-refractivity contribution in [2.24, 2.45) is 5.73 Å². The smallest absolute Gasteiger partial charge is 0.260 e. The Morgan fingerprint density at radius 2 is 1.70 bits per heavy atom. The van der Waals surface area contributed by atoms with Crippen molar-refractivity contribution in [1.29, 1.82) is 0 Å². The van der Waals surface area contributed by atoms with E-state index in [0.717, 1.165) is 0 Å². The second-order valence-electron chi connectivity index (χ2n) is 5.27. The number of hydrogen-bond acceptors (Lipinski definition) is 5.